The molecule has 0 aliphatic heterocycles. The zero-order valence-corrected chi connectivity index (χ0v) is 30.1. The second-order valence-corrected chi connectivity index (χ2v) is 13.4. The molecule has 1 heteroatoms. The third kappa shape index (κ3) is 6.16. The van der Waals surface area contributed by atoms with Crippen molar-refractivity contribution in [3.63, 3.8) is 0 Å². The monoisotopic (exact) mass is 649 g/mol. The van der Waals surface area contributed by atoms with E-state index < -0.39 is 0 Å². The van der Waals surface area contributed by atoms with Crippen LogP contribution in [0.2, 0.25) is 0 Å². The molecule has 0 N–H and O–H groups in total. The minimum atomic E-state index is -0.298. The quantitative estimate of drug-likeness (QED) is 0.102. The summed E-state index contributed by atoms with van der Waals surface area (Å²) in [5, 5.41) is 0. The van der Waals surface area contributed by atoms with Gasteiger partial charge in [-0.1, -0.05) is 164 Å². The Morgan fingerprint density at radius 1 is 0.680 bits per heavy atom. The van der Waals surface area contributed by atoms with Gasteiger partial charge in [0.2, 0.25) is 0 Å². The predicted octanol–water partition coefficient (Wildman–Crippen LogP) is 13.1. The van der Waals surface area contributed by atoms with Gasteiger partial charge in [0.05, 0.1) is 5.41 Å². The fraction of sp³-hybridized carbons (Fsp3) is 0.143. The molecule has 1 nitrogen and oxygen atoms in total. The Morgan fingerprint density at radius 3 is 1.96 bits per heavy atom. The molecule has 0 bridgehead atoms. The minimum Gasteiger partial charge on any atom is -0.311 e. The first-order chi connectivity index (χ1) is 24.2. The van der Waals surface area contributed by atoms with Gasteiger partial charge < -0.3 is 4.90 Å². The number of rotatable bonds is 11. The predicted molar refractivity (Wildman–Crippen MR) is 217 cm³/mol. The molecular weight excluding hydrogens is 603 g/mol. The molecule has 0 aromatic heterocycles. The van der Waals surface area contributed by atoms with Gasteiger partial charge in [0.1, 0.15) is 0 Å². The van der Waals surface area contributed by atoms with Crippen LogP contribution in [-0.4, -0.2) is 0 Å². The van der Waals surface area contributed by atoms with E-state index in [0.29, 0.717) is 0 Å². The van der Waals surface area contributed by atoms with Crippen LogP contribution in [0.3, 0.4) is 0 Å². The Labute approximate surface area is 299 Å². The van der Waals surface area contributed by atoms with Crippen LogP contribution in [0.4, 0.5) is 5.69 Å². The maximum absolute atomic E-state index is 4.70. The van der Waals surface area contributed by atoms with E-state index in [4.69, 9.17) is 6.58 Å². The van der Waals surface area contributed by atoms with Crippen molar-refractivity contribution in [1.82, 2.24) is 0 Å². The van der Waals surface area contributed by atoms with Gasteiger partial charge >= 0.3 is 0 Å². The summed E-state index contributed by atoms with van der Waals surface area (Å²) < 4.78 is 0. The number of anilines is 1. The van der Waals surface area contributed by atoms with Crippen molar-refractivity contribution in [2.24, 2.45) is 0 Å². The molecule has 1 atom stereocenters. The number of hydrogen-bond acceptors (Lipinski definition) is 1. The summed E-state index contributed by atoms with van der Waals surface area (Å²) in [7, 11) is 0. The topological polar surface area (TPSA) is 3.24 Å². The molecule has 0 saturated heterocycles. The van der Waals surface area contributed by atoms with Crippen molar-refractivity contribution in [3.8, 4) is 11.1 Å². The standard InChI is InChI=1S/C49H47N/c1-9-35(4)49(43-22-14-11-15-23-43)38(7)47(46-24-16-17-26-48(46)49)33-42-21-18-25-45(37(42)6)39(8)50(36(5)28-27-34(2)3)44-31-29-41(30-32-44)40-19-12-10-13-20-40/h9-32H,2,5,8,33H2,1,3-4,6-7H3/b28-27-,35-9+. The summed E-state index contributed by atoms with van der Waals surface area (Å²) >= 11 is 0. The summed E-state index contributed by atoms with van der Waals surface area (Å²) in [6.07, 6.45) is 7.13. The Hall–Kier alpha value is -5.66. The summed E-state index contributed by atoms with van der Waals surface area (Å²) in [5.74, 6) is 0. The van der Waals surface area contributed by atoms with Crippen LogP contribution in [0.15, 0.2) is 188 Å². The first-order valence-corrected chi connectivity index (χ1v) is 17.4. The summed E-state index contributed by atoms with van der Waals surface area (Å²) in [5.41, 5.74) is 17.5. The van der Waals surface area contributed by atoms with Crippen LogP contribution in [0.25, 0.3) is 22.4 Å². The number of allylic oxidation sites excluding steroid dienone is 7. The van der Waals surface area contributed by atoms with Gasteiger partial charge in [0.25, 0.3) is 0 Å². The van der Waals surface area contributed by atoms with Gasteiger partial charge in [-0.05, 0) is 104 Å². The Kier molecular flexibility index (Phi) is 9.88. The smallest absolute Gasteiger partial charge is 0.0627 e. The van der Waals surface area contributed by atoms with E-state index in [-0.39, 0.29) is 5.41 Å². The van der Waals surface area contributed by atoms with E-state index in [1.165, 1.54) is 55.7 Å². The third-order valence-corrected chi connectivity index (χ3v) is 10.4. The minimum absolute atomic E-state index is 0.298. The van der Waals surface area contributed by atoms with Crippen molar-refractivity contribution in [2.75, 3.05) is 4.90 Å². The van der Waals surface area contributed by atoms with Crippen LogP contribution >= 0.6 is 0 Å². The average Bonchev–Trinajstić information content (AvgIpc) is 3.39. The molecule has 50 heavy (non-hydrogen) atoms. The average molecular weight is 650 g/mol. The van der Waals surface area contributed by atoms with Crippen LogP contribution in [0.5, 0.6) is 0 Å². The second kappa shape index (κ2) is 14.4. The highest BCUT2D eigenvalue weighted by molar-refractivity contribution is 5.88. The molecule has 0 amide bonds. The number of hydrogen-bond donors (Lipinski definition) is 0. The molecule has 5 aromatic rings. The fourth-order valence-corrected chi connectivity index (χ4v) is 7.68. The molecule has 0 fully saturated rings. The maximum Gasteiger partial charge on any atom is 0.0627 e. The lowest BCUT2D eigenvalue weighted by Gasteiger charge is -2.35. The van der Waals surface area contributed by atoms with Gasteiger partial charge in [0, 0.05) is 22.6 Å². The van der Waals surface area contributed by atoms with Gasteiger partial charge in [0.15, 0.2) is 0 Å². The van der Waals surface area contributed by atoms with Crippen LogP contribution in [-0.2, 0) is 11.8 Å². The molecule has 0 heterocycles. The van der Waals surface area contributed by atoms with E-state index in [9.17, 15) is 0 Å². The van der Waals surface area contributed by atoms with Crippen molar-refractivity contribution in [3.05, 3.63) is 221 Å². The first kappa shape index (κ1) is 34.2. The Morgan fingerprint density at radius 2 is 1.30 bits per heavy atom. The first-order valence-electron chi connectivity index (χ1n) is 17.4. The largest absolute Gasteiger partial charge is 0.311 e. The maximum atomic E-state index is 4.70. The molecule has 5 aromatic carbocycles. The van der Waals surface area contributed by atoms with Crippen molar-refractivity contribution in [2.45, 2.75) is 46.5 Å². The molecule has 1 unspecified atom stereocenters. The zero-order valence-electron chi connectivity index (χ0n) is 30.1. The van der Waals surface area contributed by atoms with Gasteiger partial charge in [-0.25, -0.2) is 0 Å². The van der Waals surface area contributed by atoms with E-state index in [0.717, 1.165) is 34.6 Å². The van der Waals surface area contributed by atoms with E-state index in [2.05, 4.69) is 173 Å². The highest BCUT2D eigenvalue weighted by Gasteiger charge is 2.45. The van der Waals surface area contributed by atoms with E-state index in [1.54, 1.807) is 0 Å². The molecule has 0 spiro atoms. The van der Waals surface area contributed by atoms with Gasteiger partial charge in [-0.3, -0.25) is 0 Å². The van der Waals surface area contributed by atoms with Crippen molar-refractivity contribution in [1.29, 1.82) is 0 Å². The molecule has 0 saturated carbocycles. The Balaban J connectivity index is 1.42. The SMILES string of the molecule is C=C(C)/C=C\C(=C)N(C(=C)c1cccc(CC2=C(C)C(/C(C)=C/C)(c3ccccc3)c3ccccc32)c1C)c1ccc(-c2ccccc2)cc1. The number of fused-ring (bicyclic) bond motifs is 1. The lowest BCUT2D eigenvalue weighted by atomic mass is 9.67. The van der Waals surface area contributed by atoms with Crippen molar-refractivity contribution < 1.29 is 0 Å². The highest BCUT2D eigenvalue weighted by Crippen LogP contribution is 2.55. The summed E-state index contributed by atoms with van der Waals surface area (Å²) in [4.78, 5) is 2.16. The molecule has 1 aliphatic carbocycles. The van der Waals surface area contributed by atoms with Crippen LogP contribution in [0, 0.1) is 6.92 Å². The normalized spacial score (nSPS) is 15.7. The van der Waals surface area contributed by atoms with E-state index >= 15 is 0 Å². The van der Waals surface area contributed by atoms with Gasteiger partial charge in [-0.15, -0.1) is 0 Å². The number of benzene rings is 5. The molecule has 248 valence electrons. The Bertz CT molecular complexity index is 2160. The molecule has 6 rings (SSSR count). The fourth-order valence-electron chi connectivity index (χ4n) is 7.68. The molecular formula is C49H47N. The lowest BCUT2D eigenvalue weighted by Crippen LogP contribution is -2.28. The molecule has 1 aliphatic rings. The highest BCUT2D eigenvalue weighted by atomic mass is 15.1. The van der Waals surface area contributed by atoms with Gasteiger partial charge in [-0.2, -0.15) is 0 Å². The molecule has 0 radical (unpaired) electrons. The van der Waals surface area contributed by atoms with Crippen LogP contribution < -0.4 is 4.90 Å². The summed E-state index contributed by atoms with van der Waals surface area (Å²) in [6.45, 7) is 24.3. The third-order valence-electron chi connectivity index (χ3n) is 10.4. The lowest BCUT2D eigenvalue weighted by molar-refractivity contribution is 0.720. The number of nitrogens with zero attached hydrogens (tertiary/aromatic N) is 1. The second-order valence-electron chi connectivity index (χ2n) is 13.4. The van der Waals surface area contributed by atoms with Crippen molar-refractivity contribution >= 4 is 17.0 Å². The zero-order chi connectivity index (χ0) is 35.4. The van der Waals surface area contributed by atoms with E-state index in [1.807, 2.05) is 25.1 Å². The van der Waals surface area contributed by atoms with Crippen LogP contribution in [0.1, 0.15) is 61.1 Å². The summed E-state index contributed by atoms with van der Waals surface area (Å²) in [6, 6.07) is 45.7.